The van der Waals surface area contributed by atoms with Gasteiger partial charge < -0.3 is 10.2 Å². The number of hydrogen-bond donors (Lipinski definition) is 3. The number of aliphatic carboxylic acids is 2. The van der Waals surface area contributed by atoms with E-state index in [0.717, 1.165) is 0 Å². The molecule has 7 nitrogen and oxygen atoms in total. The second-order valence-corrected chi connectivity index (χ2v) is 5.75. The molecule has 1 unspecified atom stereocenters. The molecule has 0 fully saturated rings. The van der Waals surface area contributed by atoms with E-state index in [9.17, 15) is 32.8 Å². The normalized spacial score (nSPS) is 19.2. The molecule has 1 aliphatic rings. The maximum atomic E-state index is 11.6. The van der Waals surface area contributed by atoms with Crippen molar-refractivity contribution in [2.24, 2.45) is 5.41 Å². The molecule has 1 aliphatic carbocycles. The summed E-state index contributed by atoms with van der Waals surface area (Å²) in [5, 5.41) is 16.2. The molecular weight excluding hydrogens is 311 g/mol. The van der Waals surface area contributed by atoms with Crippen LogP contribution in [0.1, 0.15) is 16.4 Å². The zero-order valence-electron chi connectivity index (χ0n) is 10.8. The van der Waals surface area contributed by atoms with Crippen LogP contribution in [0, 0.1) is 11.5 Å². The van der Waals surface area contributed by atoms with Crippen LogP contribution in [0.2, 0.25) is 0 Å². The Hall–Kier alpha value is -1.19. The van der Waals surface area contributed by atoms with Crippen LogP contribution in [0.5, 0.6) is 0 Å². The average Bonchev–Trinajstić information content (AvgIpc) is 2.35. The van der Waals surface area contributed by atoms with Crippen molar-refractivity contribution in [3.8, 4) is 0 Å². The monoisotopic (exact) mass is 320 g/mol. The van der Waals surface area contributed by atoms with Crippen LogP contribution in [0.3, 0.4) is 0 Å². The van der Waals surface area contributed by atoms with Gasteiger partial charge >= 0.3 is 41.5 Å². The van der Waals surface area contributed by atoms with Crippen LogP contribution in [-0.2, 0) is 19.7 Å². The van der Waals surface area contributed by atoms with Gasteiger partial charge in [0.2, 0.25) is 0 Å². The topological polar surface area (TPSA) is 129 Å². The third kappa shape index (κ3) is 2.77. The first-order valence-corrected chi connectivity index (χ1v) is 6.84. The summed E-state index contributed by atoms with van der Waals surface area (Å²) >= 11 is 0. The smallest absolute Gasteiger partial charge is 0.480 e. The second kappa shape index (κ2) is 5.90. The van der Waals surface area contributed by atoms with Crippen LogP contribution < -0.4 is 29.6 Å². The number of benzene rings is 1. The van der Waals surface area contributed by atoms with Crippen molar-refractivity contribution in [2.75, 3.05) is 0 Å². The summed E-state index contributed by atoms with van der Waals surface area (Å²) in [5.74, 6) is -3.79. The standard InChI is InChI=1S/C12H9O7S.Na/c13-10(14)12(11(15)16)6-5-7-3-1-2-4-8(7)9(12)20(17,18)19;/h1-4,6,9H,(H,13,14)(H,15,16)(H,17,18,19);/q-1;+1. The number of carboxylic acids is 2. The molecule has 0 spiro atoms. The molecule has 1 atom stereocenters. The minimum atomic E-state index is -4.97. The predicted octanol–water partition coefficient (Wildman–Crippen LogP) is -2.50. The molecule has 9 heteroatoms. The molecule has 0 saturated carbocycles. The van der Waals surface area contributed by atoms with Crippen LogP contribution >= 0.6 is 0 Å². The molecule has 1 aromatic rings. The van der Waals surface area contributed by atoms with E-state index >= 15 is 0 Å². The number of carboxylic acid groups (broad SMARTS) is 2. The number of carbonyl (C=O) groups is 2. The van der Waals surface area contributed by atoms with Gasteiger partial charge in [0.15, 0.2) is 5.41 Å². The quantitative estimate of drug-likeness (QED) is 0.243. The zero-order valence-corrected chi connectivity index (χ0v) is 13.7. The van der Waals surface area contributed by atoms with Crippen molar-refractivity contribution in [3.05, 3.63) is 47.5 Å². The van der Waals surface area contributed by atoms with E-state index in [1.165, 1.54) is 18.2 Å². The summed E-state index contributed by atoms with van der Waals surface area (Å²) < 4.78 is 32.4. The van der Waals surface area contributed by atoms with Gasteiger partial charge in [-0.3, -0.25) is 14.1 Å². The van der Waals surface area contributed by atoms with Crippen LogP contribution in [0.25, 0.3) is 0 Å². The summed E-state index contributed by atoms with van der Waals surface area (Å²) in [7, 11) is -4.97. The van der Waals surface area contributed by atoms with Gasteiger partial charge in [0, 0.05) is 0 Å². The fraction of sp³-hybridized carbons (Fsp3) is 0.167. The van der Waals surface area contributed by atoms with E-state index in [-0.39, 0.29) is 40.7 Å². The van der Waals surface area contributed by atoms with Crippen LogP contribution in [-0.4, -0.2) is 35.1 Å². The largest absolute Gasteiger partial charge is 1.00 e. The molecule has 0 aromatic heterocycles. The Labute approximate surface area is 142 Å². The predicted molar refractivity (Wildman–Crippen MR) is 65.4 cm³/mol. The van der Waals surface area contributed by atoms with Crippen molar-refractivity contribution in [3.63, 3.8) is 0 Å². The summed E-state index contributed by atoms with van der Waals surface area (Å²) in [6.45, 7) is 0. The minimum absolute atomic E-state index is 0. The third-order valence-corrected chi connectivity index (χ3v) is 4.34. The van der Waals surface area contributed by atoms with Crippen LogP contribution in [0.4, 0.5) is 0 Å². The van der Waals surface area contributed by atoms with Crippen LogP contribution in [0.15, 0.2) is 30.3 Å². The summed E-state index contributed by atoms with van der Waals surface area (Å²) in [6, 6.07) is 5.65. The minimum Gasteiger partial charge on any atom is -0.480 e. The fourth-order valence-corrected chi connectivity index (χ4v) is 3.47. The van der Waals surface area contributed by atoms with E-state index < -0.39 is 32.7 Å². The molecule has 106 valence electrons. The van der Waals surface area contributed by atoms with Crippen molar-refractivity contribution in [1.29, 1.82) is 0 Å². The van der Waals surface area contributed by atoms with Gasteiger partial charge in [-0.2, -0.15) is 17.7 Å². The second-order valence-electron chi connectivity index (χ2n) is 4.25. The summed E-state index contributed by atoms with van der Waals surface area (Å²) in [4.78, 5) is 22.7. The Morgan fingerprint density at radius 2 is 1.67 bits per heavy atom. The van der Waals surface area contributed by atoms with Crippen molar-refractivity contribution in [2.45, 2.75) is 5.25 Å². The molecule has 0 radical (unpaired) electrons. The first-order chi connectivity index (χ1) is 9.21. The molecule has 3 N–H and O–H groups in total. The van der Waals surface area contributed by atoms with Crippen molar-refractivity contribution < 1.29 is 62.3 Å². The number of rotatable bonds is 3. The Bertz CT molecular complexity index is 709. The molecule has 2 rings (SSSR count). The maximum Gasteiger partial charge on any atom is 1.00 e. The first-order valence-electron chi connectivity index (χ1n) is 5.34. The zero-order chi connectivity index (χ0) is 15.1. The molecule has 0 saturated heterocycles. The van der Waals surface area contributed by atoms with Gasteiger partial charge in [-0.1, -0.05) is 6.07 Å². The average molecular weight is 320 g/mol. The molecule has 0 amide bonds. The molecule has 0 bridgehead atoms. The van der Waals surface area contributed by atoms with E-state index in [2.05, 4.69) is 6.08 Å². The Balaban J connectivity index is 0.00000220. The number of fused-ring (bicyclic) bond motifs is 1. The Morgan fingerprint density at radius 3 is 2.14 bits per heavy atom. The van der Waals surface area contributed by atoms with Crippen molar-refractivity contribution in [1.82, 2.24) is 0 Å². The third-order valence-electron chi connectivity index (χ3n) is 3.12. The summed E-state index contributed by atoms with van der Waals surface area (Å²) in [6.07, 6.45) is 3.11. The molecule has 21 heavy (non-hydrogen) atoms. The van der Waals surface area contributed by atoms with E-state index in [1.807, 2.05) is 0 Å². The molecule has 1 aromatic carbocycles. The van der Waals surface area contributed by atoms with Crippen molar-refractivity contribution >= 4 is 22.1 Å². The van der Waals surface area contributed by atoms with Gasteiger partial charge in [-0.05, 0) is 0 Å². The fourth-order valence-electron chi connectivity index (χ4n) is 2.20. The molecule has 0 heterocycles. The molecular formula is C12H9NaO7S. The molecule has 0 aliphatic heterocycles. The summed E-state index contributed by atoms with van der Waals surface area (Å²) in [5.41, 5.74) is -2.72. The Kier molecular flexibility index (Phi) is 5.01. The van der Waals surface area contributed by atoms with E-state index in [0.29, 0.717) is 6.08 Å². The van der Waals surface area contributed by atoms with Gasteiger partial charge in [-0.15, -0.1) is 23.8 Å². The Morgan fingerprint density at radius 1 is 1.14 bits per heavy atom. The van der Waals surface area contributed by atoms with Gasteiger partial charge in [0.1, 0.15) is 0 Å². The number of hydrogen-bond acceptors (Lipinski definition) is 4. The SMILES string of the molecule is O=C(O)C1(C(=O)O)C=[C-]c2ccccc2C1S(=O)(=O)O.[Na+]. The maximum absolute atomic E-state index is 11.6. The van der Waals surface area contributed by atoms with Gasteiger partial charge in [0.05, 0.1) is 5.25 Å². The van der Waals surface area contributed by atoms with E-state index in [1.54, 1.807) is 6.07 Å². The first kappa shape index (κ1) is 17.9. The van der Waals surface area contributed by atoms with E-state index in [4.69, 9.17) is 0 Å². The van der Waals surface area contributed by atoms with Gasteiger partial charge in [-0.25, -0.2) is 8.42 Å². The van der Waals surface area contributed by atoms with Gasteiger partial charge in [0.25, 0.3) is 10.1 Å².